The van der Waals surface area contributed by atoms with Gasteiger partial charge in [0.15, 0.2) is 0 Å². The lowest BCUT2D eigenvalue weighted by molar-refractivity contribution is 0.0904. The van der Waals surface area contributed by atoms with E-state index in [9.17, 15) is 0 Å². The van der Waals surface area contributed by atoms with Crippen molar-refractivity contribution in [2.75, 3.05) is 11.9 Å². The van der Waals surface area contributed by atoms with Gasteiger partial charge in [-0.05, 0) is 44.1 Å². The number of pyridine rings is 1. The quantitative estimate of drug-likeness (QED) is 0.832. The van der Waals surface area contributed by atoms with Gasteiger partial charge in [0.25, 0.3) is 0 Å². The van der Waals surface area contributed by atoms with Crippen molar-refractivity contribution in [3.05, 3.63) is 18.3 Å². The average Bonchev–Trinajstić information content (AvgIpc) is 2.46. The van der Waals surface area contributed by atoms with Gasteiger partial charge >= 0.3 is 0 Å². The number of nitrogens with zero attached hydrogens (tertiary/aromatic N) is 1. The molecule has 2 atom stereocenters. The van der Waals surface area contributed by atoms with Gasteiger partial charge in [-0.15, -0.1) is 0 Å². The van der Waals surface area contributed by atoms with Crippen LogP contribution in [0.1, 0.15) is 52.4 Å². The van der Waals surface area contributed by atoms with Crippen molar-refractivity contribution in [1.82, 2.24) is 4.98 Å². The Labute approximate surface area is 116 Å². The van der Waals surface area contributed by atoms with Crippen LogP contribution in [-0.2, 0) is 0 Å². The van der Waals surface area contributed by atoms with Crippen molar-refractivity contribution in [2.45, 2.75) is 58.5 Å². The van der Waals surface area contributed by atoms with Crippen LogP contribution in [0.2, 0.25) is 0 Å². The first-order valence-electron chi connectivity index (χ1n) is 7.70. The number of rotatable bonds is 6. The molecule has 0 spiro atoms. The minimum absolute atomic E-state index is 0.389. The second-order valence-corrected chi connectivity index (χ2v) is 5.41. The monoisotopic (exact) mass is 262 g/mol. The molecule has 1 saturated carbocycles. The van der Waals surface area contributed by atoms with Crippen LogP contribution in [0, 0.1) is 5.92 Å². The van der Waals surface area contributed by atoms with Gasteiger partial charge in [-0.3, -0.25) is 0 Å². The molecule has 0 bridgehead atoms. The molecule has 1 fully saturated rings. The third-order valence-electron chi connectivity index (χ3n) is 3.94. The lowest BCUT2D eigenvalue weighted by atomic mass is 9.85. The lowest BCUT2D eigenvalue weighted by Crippen LogP contribution is -2.29. The van der Waals surface area contributed by atoms with E-state index < -0.39 is 0 Å². The van der Waals surface area contributed by atoms with E-state index >= 15 is 0 Å². The molecule has 0 amide bonds. The summed E-state index contributed by atoms with van der Waals surface area (Å²) in [5.41, 5.74) is 0. The third kappa shape index (κ3) is 4.12. The van der Waals surface area contributed by atoms with Crippen LogP contribution in [0.3, 0.4) is 0 Å². The van der Waals surface area contributed by atoms with E-state index in [0.717, 1.165) is 24.5 Å². The summed E-state index contributed by atoms with van der Waals surface area (Å²) in [5, 5.41) is 3.31. The van der Waals surface area contributed by atoms with Crippen LogP contribution in [0.5, 0.6) is 5.75 Å². The zero-order chi connectivity index (χ0) is 13.5. The second-order valence-electron chi connectivity index (χ2n) is 5.41. The maximum atomic E-state index is 6.20. The van der Waals surface area contributed by atoms with Crippen molar-refractivity contribution in [3.63, 3.8) is 0 Å². The van der Waals surface area contributed by atoms with Crippen LogP contribution < -0.4 is 10.1 Å². The van der Waals surface area contributed by atoms with Gasteiger partial charge in [0.1, 0.15) is 17.7 Å². The predicted molar refractivity (Wildman–Crippen MR) is 79.7 cm³/mol. The Morgan fingerprint density at radius 3 is 2.95 bits per heavy atom. The molecular formula is C16H26N2O. The highest BCUT2D eigenvalue weighted by atomic mass is 16.5. The fourth-order valence-corrected chi connectivity index (χ4v) is 2.80. The molecule has 2 unspecified atom stereocenters. The smallest absolute Gasteiger partial charge is 0.129 e. The first-order valence-corrected chi connectivity index (χ1v) is 7.70. The Morgan fingerprint density at radius 2 is 2.16 bits per heavy atom. The van der Waals surface area contributed by atoms with Crippen LogP contribution >= 0.6 is 0 Å². The highest BCUT2D eigenvalue weighted by Crippen LogP contribution is 2.30. The first kappa shape index (κ1) is 14.2. The fraction of sp³-hybridized carbons (Fsp3) is 0.688. The summed E-state index contributed by atoms with van der Waals surface area (Å²) in [6, 6.07) is 4.00. The molecule has 3 nitrogen and oxygen atoms in total. The van der Waals surface area contributed by atoms with E-state index in [1.54, 1.807) is 0 Å². The van der Waals surface area contributed by atoms with Crippen molar-refractivity contribution >= 4 is 5.82 Å². The normalized spacial score (nSPS) is 23.1. The van der Waals surface area contributed by atoms with Crippen molar-refractivity contribution < 1.29 is 4.74 Å². The molecule has 1 aromatic rings. The summed E-state index contributed by atoms with van der Waals surface area (Å²) in [6.45, 7) is 5.38. The maximum Gasteiger partial charge on any atom is 0.129 e. The topological polar surface area (TPSA) is 34.1 Å². The summed E-state index contributed by atoms with van der Waals surface area (Å²) in [5.74, 6) is 2.59. The predicted octanol–water partition coefficient (Wildman–Crippen LogP) is 4.25. The fourth-order valence-electron chi connectivity index (χ4n) is 2.80. The third-order valence-corrected chi connectivity index (χ3v) is 3.94. The molecule has 0 saturated heterocycles. The molecule has 0 aliphatic heterocycles. The molecule has 2 rings (SSSR count). The number of nitrogens with one attached hydrogen (secondary N) is 1. The van der Waals surface area contributed by atoms with E-state index in [-0.39, 0.29) is 0 Å². The number of ether oxygens (including phenoxy) is 1. The standard InChI is InChI=1S/C16H26N2O/c1-3-10-17-16-12-14(9-11-18-16)19-15-8-6-5-7-13(15)4-2/h9,11-13,15H,3-8,10H2,1-2H3,(H,17,18). The molecule has 19 heavy (non-hydrogen) atoms. The lowest BCUT2D eigenvalue weighted by Gasteiger charge is -2.31. The van der Waals surface area contributed by atoms with E-state index in [1.807, 2.05) is 18.3 Å². The molecular weight excluding hydrogens is 236 g/mol. The summed E-state index contributed by atoms with van der Waals surface area (Å²) in [4.78, 5) is 4.32. The molecule has 1 aliphatic carbocycles. The Balaban J connectivity index is 1.97. The summed E-state index contributed by atoms with van der Waals surface area (Å²) in [6.07, 6.45) is 9.71. The van der Waals surface area contributed by atoms with Gasteiger partial charge in [0.2, 0.25) is 0 Å². The van der Waals surface area contributed by atoms with E-state index in [1.165, 1.54) is 32.1 Å². The molecule has 1 aliphatic rings. The summed E-state index contributed by atoms with van der Waals surface area (Å²) < 4.78 is 6.20. The minimum atomic E-state index is 0.389. The zero-order valence-corrected chi connectivity index (χ0v) is 12.2. The van der Waals surface area contributed by atoms with Crippen LogP contribution in [0.15, 0.2) is 18.3 Å². The Hall–Kier alpha value is -1.25. The van der Waals surface area contributed by atoms with Crippen LogP contribution in [0.25, 0.3) is 0 Å². The Morgan fingerprint density at radius 1 is 1.32 bits per heavy atom. The molecule has 106 valence electrons. The highest BCUT2D eigenvalue weighted by molar-refractivity contribution is 5.40. The van der Waals surface area contributed by atoms with E-state index in [4.69, 9.17) is 4.74 Å². The van der Waals surface area contributed by atoms with E-state index in [2.05, 4.69) is 24.1 Å². The Bertz CT molecular complexity index is 381. The van der Waals surface area contributed by atoms with E-state index in [0.29, 0.717) is 12.0 Å². The zero-order valence-electron chi connectivity index (χ0n) is 12.2. The number of aromatic nitrogens is 1. The molecule has 1 aromatic heterocycles. The Kier molecular flexibility index (Phi) is 5.49. The molecule has 0 radical (unpaired) electrons. The second kappa shape index (κ2) is 7.37. The van der Waals surface area contributed by atoms with Gasteiger partial charge in [0.05, 0.1) is 0 Å². The van der Waals surface area contributed by atoms with Gasteiger partial charge in [-0.1, -0.05) is 20.3 Å². The van der Waals surface area contributed by atoms with Crippen molar-refractivity contribution in [1.29, 1.82) is 0 Å². The van der Waals surface area contributed by atoms with Crippen LogP contribution in [0.4, 0.5) is 5.82 Å². The summed E-state index contributed by atoms with van der Waals surface area (Å²) >= 11 is 0. The number of hydrogen-bond donors (Lipinski definition) is 1. The van der Waals surface area contributed by atoms with Gasteiger partial charge in [0, 0.05) is 18.8 Å². The number of hydrogen-bond acceptors (Lipinski definition) is 3. The highest BCUT2D eigenvalue weighted by Gasteiger charge is 2.25. The molecule has 1 N–H and O–H groups in total. The van der Waals surface area contributed by atoms with Gasteiger partial charge in [-0.2, -0.15) is 0 Å². The summed E-state index contributed by atoms with van der Waals surface area (Å²) in [7, 11) is 0. The largest absolute Gasteiger partial charge is 0.490 e. The average molecular weight is 262 g/mol. The molecule has 1 heterocycles. The molecule has 0 aromatic carbocycles. The number of anilines is 1. The van der Waals surface area contributed by atoms with Crippen molar-refractivity contribution in [2.24, 2.45) is 5.92 Å². The first-order chi connectivity index (χ1) is 9.33. The maximum absolute atomic E-state index is 6.20. The van der Waals surface area contributed by atoms with Gasteiger partial charge in [-0.25, -0.2) is 4.98 Å². The molecule has 3 heteroatoms. The minimum Gasteiger partial charge on any atom is -0.490 e. The van der Waals surface area contributed by atoms with Crippen LogP contribution in [-0.4, -0.2) is 17.6 Å². The van der Waals surface area contributed by atoms with Crippen molar-refractivity contribution in [3.8, 4) is 5.75 Å². The van der Waals surface area contributed by atoms with Gasteiger partial charge < -0.3 is 10.1 Å². The SMILES string of the molecule is CCCNc1cc(OC2CCCCC2CC)ccn1.